The van der Waals surface area contributed by atoms with Gasteiger partial charge in [-0.1, -0.05) is 6.08 Å². The number of aryl methyl sites for hydroxylation is 1. The van der Waals surface area contributed by atoms with E-state index in [4.69, 9.17) is 18.6 Å². The minimum absolute atomic E-state index is 0.0289. The third kappa shape index (κ3) is 6.11. The van der Waals surface area contributed by atoms with E-state index in [1.165, 1.54) is 25.1 Å². The van der Waals surface area contributed by atoms with Gasteiger partial charge >= 0.3 is 5.97 Å². The van der Waals surface area contributed by atoms with Crippen molar-refractivity contribution in [2.75, 3.05) is 28.2 Å². The van der Waals surface area contributed by atoms with E-state index in [1.807, 2.05) is 25.9 Å². The van der Waals surface area contributed by atoms with Gasteiger partial charge in [-0.2, -0.15) is 0 Å². The lowest BCUT2D eigenvalue weighted by Crippen LogP contribution is -2.61. The summed E-state index contributed by atoms with van der Waals surface area (Å²) in [4.78, 5) is 59.2. The second kappa shape index (κ2) is 14.1. The van der Waals surface area contributed by atoms with Gasteiger partial charge in [0, 0.05) is 29.7 Å². The number of fused-ring (bicyclic) bond motifs is 4. The maximum atomic E-state index is 15.0. The predicted octanol–water partition coefficient (Wildman–Crippen LogP) is 4.22. The van der Waals surface area contributed by atoms with Crippen molar-refractivity contribution in [2.24, 2.45) is 0 Å². The maximum Gasteiger partial charge on any atom is 0.303 e. The number of esters is 1. The molecule has 0 saturated carbocycles. The zero-order valence-corrected chi connectivity index (χ0v) is 32.6. The first-order valence-corrected chi connectivity index (χ1v) is 18.2. The number of hydrogen-bond acceptors (Lipinski definition) is 13. The summed E-state index contributed by atoms with van der Waals surface area (Å²) in [6.07, 6.45) is -4.87. The minimum atomic E-state index is -1.38. The van der Waals surface area contributed by atoms with Gasteiger partial charge in [0.05, 0.1) is 52.5 Å². The van der Waals surface area contributed by atoms with Crippen molar-refractivity contribution in [1.82, 2.24) is 9.80 Å². The van der Waals surface area contributed by atoms with Crippen LogP contribution in [0.3, 0.4) is 0 Å². The first-order chi connectivity index (χ1) is 25.2. The Kier molecular flexibility index (Phi) is 10.3. The normalized spacial score (nSPS) is 30.2. The average molecular weight is 747 g/mol. The topological polar surface area (TPSA) is 176 Å². The van der Waals surface area contributed by atoms with Crippen molar-refractivity contribution in [2.45, 2.75) is 109 Å². The Morgan fingerprint density at radius 3 is 2.19 bits per heavy atom. The van der Waals surface area contributed by atoms with E-state index >= 15 is 4.79 Å². The molecule has 2 aromatic carbocycles. The van der Waals surface area contributed by atoms with E-state index in [-0.39, 0.29) is 56.5 Å². The number of rotatable bonds is 6. The van der Waals surface area contributed by atoms with Crippen LogP contribution in [0.5, 0.6) is 5.75 Å². The van der Waals surface area contributed by atoms with E-state index in [0.717, 1.165) is 0 Å². The van der Waals surface area contributed by atoms with Crippen molar-refractivity contribution >= 4 is 34.1 Å². The molecule has 2 saturated heterocycles. The molecule has 9 atom stereocenters. The number of nitrogens with zero attached hydrogens (tertiary/aromatic N) is 2. The monoisotopic (exact) mass is 746 g/mol. The van der Waals surface area contributed by atoms with Crippen LogP contribution in [0.4, 0.5) is 0 Å². The van der Waals surface area contributed by atoms with Crippen molar-refractivity contribution in [3.05, 3.63) is 79.2 Å². The Labute approximate surface area is 314 Å². The third-order valence-corrected chi connectivity index (χ3v) is 11.7. The first kappa shape index (κ1) is 39.5. The van der Waals surface area contributed by atoms with E-state index in [1.54, 1.807) is 59.7 Å². The number of benzene rings is 2. The highest BCUT2D eigenvalue weighted by Gasteiger charge is 2.52. The minimum Gasteiger partial charge on any atom is -0.507 e. The van der Waals surface area contributed by atoms with Gasteiger partial charge in [-0.05, 0) is 105 Å². The van der Waals surface area contributed by atoms with Crippen LogP contribution in [-0.2, 0) is 19.0 Å². The fourth-order valence-electron chi connectivity index (χ4n) is 8.49. The first-order valence-electron chi connectivity index (χ1n) is 18.2. The standard InChI is InChI=1S/C41H50N2O11/c1-12-17(2)26-15-25(45)28-18(3)13-23-30(39(28)54-26)36(49)31-29(35(23)48)24(38-37(50)32(42(8)9)33(46)19(4)52-38)14-22(34(31)47)27-16-41(7,43(10)11)40(20(5)51-27)53-21(6)44/h12-15,19-20,27,32-33,37-38,40,46-47,50H,16H2,1-11H3. The number of ether oxygens (including phenoxy) is 3. The molecule has 0 radical (unpaired) electrons. The summed E-state index contributed by atoms with van der Waals surface area (Å²) < 4.78 is 24.8. The van der Waals surface area contributed by atoms with Crippen LogP contribution in [-0.4, -0.2) is 113 Å². The van der Waals surface area contributed by atoms with Crippen molar-refractivity contribution in [3.8, 4) is 5.75 Å². The number of phenols is 1. The number of phenolic OH excluding ortho intramolecular Hbond substituents is 1. The Hall–Kier alpha value is -4.24. The van der Waals surface area contributed by atoms with Crippen LogP contribution < -0.4 is 5.43 Å². The Bertz CT molecular complexity index is 2150. The Morgan fingerprint density at radius 2 is 1.59 bits per heavy atom. The molecular weight excluding hydrogens is 696 g/mol. The number of aromatic hydroxyl groups is 1. The summed E-state index contributed by atoms with van der Waals surface area (Å²) in [6, 6.07) is 3.54. The number of likely N-dealkylation sites (N-methyl/N-ethyl adjacent to an activating group) is 2. The molecule has 0 bridgehead atoms. The summed E-state index contributed by atoms with van der Waals surface area (Å²) in [6.45, 7) is 11.8. The van der Waals surface area contributed by atoms with Crippen LogP contribution in [0, 0.1) is 6.92 Å². The van der Waals surface area contributed by atoms with Crippen LogP contribution in [0.25, 0.3) is 16.5 Å². The van der Waals surface area contributed by atoms with E-state index in [2.05, 4.69) is 0 Å². The Morgan fingerprint density at radius 1 is 0.926 bits per heavy atom. The molecule has 0 spiro atoms. The quantitative estimate of drug-likeness (QED) is 0.240. The molecule has 3 aliphatic rings. The third-order valence-electron chi connectivity index (χ3n) is 11.7. The number of carbonyl (C=O) groups excluding carboxylic acids is 3. The second-order valence-electron chi connectivity index (χ2n) is 15.6. The van der Waals surface area contributed by atoms with Crippen LogP contribution in [0.1, 0.15) is 114 Å². The lowest BCUT2D eigenvalue weighted by atomic mass is 9.74. The fraction of sp³-hybridized carbons (Fsp3) is 0.512. The molecule has 13 nitrogen and oxygen atoms in total. The summed E-state index contributed by atoms with van der Waals surface area (Å²) in [5, 5.41) is 35.4. The highest BCUT2D eigenvalue weighted by Crippen LogP contribution is 2.50. The molecule has 3 heterocycles. The largest absolute Gasteiger partial charge is 0.507 e. The summed E-state index contributed by atoms with van der Waals surface area (Å²) in [7, 11) is 7.10. The number of aliphatic hydroxyl groups is 2. The number of allylic oxidation sites excluding steroid dienone is 2. The molecule has 1 aliphatic carbocycles. The molecule has 2 fully saturated rings. The maximum absolute atomic E-state index is 15.0. The van der Waals surface area contributed by atoms with Crippen LogP contribution >= 0.6 is 0 Å². The van der Waals surface area contributed by atoms with Crippen LogP contribution in [0.15, 0.2) is 33.5 Å². The fourth-order valence-corrected chi connectivity index (χ4v) is 8.49. The van der Waals surface area contributed by atoms with Gasteiger partial charge in [-0.25, -0.2) is 0 Å². The van der Waals surface area contributed by atoms with Gasteiger partial charge in [0.15, 0.2) is 16.8 Å². The number of carbonyl (C=O) groups is 3. The lowest BCUT2D eigenvalue weighted by Gasteiger charge is -2.50. The zero-order valence-electron chi connectivity index (χ0n) is 32.6. The van der Waals surface area contributed by atoms with E-state index in [9.17, 15) is 29.7 Å². The lowest BCUT2D eigenvalue weighted by molar-refractivity contribution is -0.201. The average Bonchev–Trinajstić information content (AvgIpc) is 3.09. The summed E-state index contributed by atoms with van der Waals surface area (Å²) >= 11 is 0. The zero-order chi connectivity index (χ0) is 39.9. The van der Waals surface area contributed by atoms with E-state index < -0.39 is 83.0 Å². The smallest absolute Gasteiger partial charge is 0.303 e. The molecule has 290 valence electrons. The molecule has 54 heavy (non-hydrogen) atoms. The molecule has 3 N–H and O–H groups in total. The predicted molar refractivity (Wildman–Crippen MR) is 200 cm³/mol. The summed E-state index contributed by atoms with van der Waals surface area (Å²) in [5.74, 6) is -2.17. The van der Waals surface area contributed by atoms with E-state index in [0.29, 0.717) is 11.1 Å². The SMILES string of the molecule is CC=C(C)c1cc(=O)c2c(C)cc3c(c2o1)C(=O)c1c(O)c(C2CC(C)(N(C)C)C(OC(C)=O)C(C)O2)cc(C2OC(C)C(O)C(N(C)C)C2O)c1C3=O. The van der Waals surface area contributed by atoms with Gasteiger partial charge in [0.2, 0.25) is 5.78 Å². The van der Waals surface area contributed by atoms with Crippen molar-refractivity contribution in [3.63, 3.8) is 0 Å². The number of aliphatic hydroxyl groups excluding tert-OH is 2. The molecule has 0 amide bonds. The molecule has 9 unspecified atom stereocenters. The highest BCUT2D eigenvalue weighted by atomic mass is 16.6. The molecule has 13 heteroatoms. The molecule has 1 aromatic heterocycles. The molecule has 3 aromatic rings. The van der Waals surface area contributed by atoms with Gasteiger partial charge in [0.1, 0.15) is 29.8 Å². The number of ketones is 2. The van der Waals surface area contributed by atoms with Crippen molar-refractivity contribution in [1.29, 1.82) is 0 Å². The molecular formula is C41H50N2O11. The molecule has 6 rings (SSSR count). The highest BCUT2D eigenvalue weighted by molar-refractivity contribution is 6.33. The number of hydrogen-bond donors (Lipinski definition) is 3. The van der Waals surface area contributed by atoms with Gasteiger partial charge < -0.3 is 43.7 Å². The van der Waals surface area contributed by atoms with Crippen molar-refractivity contribution < 1.29 is 48.3 Å². The summed E-state index contributed by atoms with van der Waals surface area (Å²) in [5.41, 5.74) is -0.668. The van der Waals surface area contributed by atoms with Gasteiger partial charge in [-0.15, -0.1) is 0 Å². The van der Waals surface area contributed by atoms with Gasteiger partial charge in [0.25, 0.3) is 0 Å². The molecule has 2 aliphatic heterocycles. The second-order valence-corrected chi connectivity index (χ2v) is 15.6. The van der Waals surface area contributed by atoms with Crippen LogP contribution in [0.2, 0.25) is 0 Å². The van der Waals surface area contributed by atoms with Gasteiger partial charge in [-0.3, -0.25) is 19.2 Å². The Balaban J connectivity index is 1.65.